The average molecular weight is 278 g/mol. The molecule has 0 unspecified atom stereocenters. The molecule has 0 saturated carbocycles. The summed E-state index contributed by atoms with van der Waals surface area (Å²) in [6, 6.07) is 10.9. The highest BCUT2D eigenvalue weighted by molar-refractivity contribution is 6.35. The first-order chi connectivity index (χ1) is 8.61. The van der Waals surface area contributed by atoms with Gasteiger partial charge in [0.1, 0.15) is 5.82 Å². The minimum Gasteiger partial charge on any atom is -0.399 e. The number of aromatic amines is 1. The molecule has 0 radical (unpaired) electrons. The van der Waals surface area contributed by atoms with E-state index in [1.165, 1.54) is 0 Å². The van der Waals surface area contributed by atoms with Crippen molar-refractivity contribution in [2.75, 3.05) is 5.73 Å². The lowest BCUT2D eigenvalue weighted by Gasteiger charge is -1.98. The summed E-state index contributed by atoms with van der Waals surface area (Å²) in [7, 11) is 0. The molecular formula is C13H9Cl2N3. The van der Waals surface area contributed by atoms with Crippen molar-refractivity contribution in [3.63, 3.8) is 0 Å². The monoisotopic (exact) mass is 277 g/mol. The van der Waals surface area contributed by atoms with E-state index in [4.69, 9.17) is 28.9 Å². The summed E-state index contributed by atoms with van der Waals surface area (Å²) in [5.74, 6) is 0.722. The summed E-state index contributed by atoms with van der Waals surface area (Å²) in [4.78, 5) is 7.68. The maximum Gasteiger partial charge on any atom is 0.138 e. The van der Waals surface area contributed by atoms with Gasteiger partial charge in [-0.15, -0.1) is 0 Å². The van der Waals surface area contributed by atoms with E-state index in [0.29, 0.717) is 15.7 Å². The Morgan fingerprint density at radius 1 is 1.00 bits per heavy atom. The minimum atomic E-state index is 0.581. The van der Waals surface area contributed by atoms with Crippen LogP contribution in [0, 0.1) is 0 Å². The lowest BCUT2D eigenvalue weighted by atomic mass is 10.2. The largest absolute Gasteiger partial charge is 0.399 e. The van der Waals surface area contributed by atoms with E-state index >= 15 is 0 Å². The lowest BCUT2D eigenvalue weighted by Crippen LogP contribution is -1.82. The third-order valence-corrected chi connectivity index (χ3v) is 3.08. The highest BCUT2D eigenvalue weighted by Crippen LogP contribution is 2.27. The second-order valence-corrected chi connectivity index (χ2v) is 4.89. The number of nitrogen functional groups attached to an aromatic ring is 1. The molecular weight excluding hydrogens is 269 g/mol. The third-order valence-electron chi connectivity index (χ3n) is 2.64. The maximum absolute atomic E-state index is 5.98. The number of rotatable bonds is 1. The summed E-state index contributed by atoms with van der Waals surface area (Å²) in [6.07, 6.45) is 0. The van der Waals surface area contributed by atoms with Gasteiger partial charge in [-0.05, 0) is 36.4 Å². The zero-order valence-electron chi connectivity index (χ0n) is 9.24. The van der Waals surface area contributed by atoms with Crippen molar-refractivity contribution in [1.29, 1.82) is 0 Å². The number of aromatic nitrogens is 2. The summed E-state index contributed by atoms with van der Waals surface area (Å²) >= 11 is 12.0. The van der Waals surface area contributed by atoms with Crippen LogP contribution in [0.15, 0.2) is 36.4 Å². The first kappa shape index (κ1) is 11.4. The molecule has 0 aliphatic rings. The van der Waals surface area contributed by atoms with Gasteiger partial charge in [0.25, 0.3) is 0 Å². The van der Waals surface area contributed by atoms with Gasteiger partial charge in [-0.2, -0.15) is 0 Å². The van der Waals surface area contributed by atoms with Crippen molar-refractivity contribution in [2.45, 2.75) is 0 Å². The van der Waals surface area contributed by atoms with Gasteiger partial charge >= 0.3 is 0 Å². The Labute approximate surface area is 114 Å². The van der Waals surface area contributed by atoms with Gasteiger partial charge in [-0.3, -0.25) is 0 Å². The molecule has 0 bridgehead atoms. The Hall–Kier alpha value is -1.71. The van der Waals surface area contributed by atoms with Gasteiger partial charge in [0.05, 0.1) is 11.0 Å². The van der Waals surface area contributed by atoms with Gasteiger partial charge in [-0.1, -0.05) is 23.2 Å². The fourth-order valence-electron chi connectivity index (χ4n) is 1.85. The van der Waals surface area contributed by atoms with Crippen molar-refractivity contribution >= 4 is 39.9 Å². The first-order valence-corrected chi connectivity index (χ1v) is 6.09. The van der Waals surface area contributed by atoms with Crippen LogP contribution in [0.1, 0.15) is 0 Å². The zero-order chi connectivity index (χ0) is 12.7. The lowest BCUT2D eigenvalue weighted by molar-refractivity contribution is 1.34. The van der Waals surface area contributed by atoms with E-state index in [9.17, 15) is 0 Å². The second-order valence-electron chi connectivity index (χ2n) is 4.02. The van der Waals surface area contributed by atoms with E-state index in [0.717, 1.165) is 22.4 Å². The first-order valence-electron chi connectivity index (χ1n) is 5.33. The molecule has 3 N–H and O–H groups in total. The molecule has 3 rings (SSSR count). The molecule has 0 saturated heterocycles. The van der Waals surface area contributed by atoms with Gasteiger partial charge in [-0.25, -0.2) is 4.98 Å². The quantitative estimate of drug-likeness (QED) is 0.658. The number of fused-ring (bicyclic) bond motifs is 1. The molecule has 18 heavy (non-hydrogen) atoms. The molecule has 0 spiro atoms. The molecule has 0 amide bonds. The Morgan fingerprint density at radius 2 is 1.72 bits per heavy atom. The predicted octanol–water partition coefficient (Wildman–Crippen LogP) is 4.12. The standard InChI is InChI=1S/C13H9Cl2N3/c14-8-3-7(4-9(15)5-8)13-17-11-2-1-10(16)6-12(11)18-13/h1-6H,16H2,(H,17,18). The highest BCUT2D eigenvalue weighted by atomic mass is 35.5. The second kappa shape index (κ2) is 4.19. The normalized spacial score (nSPS) is 11.0. The van der Waals surface area contributed by atoms with Crippen LogP contribution in [0.25, 0.3) is 22.4 Å². The van der Waals surface area contributed by atoms with Crippen LogP contribution in [0.4, 0.5) is 5.69 Å². The van der Waals surface area contributed by atoms with E-state index in [-0.39, 0.29) is 0 Å². The van der Waals surface area contributed by atoms with Crippen LogP contribution in [0.2, 0.25) is 10.0 Å². The molecule has 0 aliphatic carbocycles. The van der Waals surface area contributed by atoms with Crippen LogP contribution in [0.5, 0.6) is 0 Å². The number of nitrogens with zero attached hydrogens (tertiary/aromatic N) is 1. The smallest absolute Gasteiger partial charge is 0.138 e. The topological polar surface area (TPSA) is 54.7 Å². The van der Waals surface area contributed by atoms with Crippen molar-refractivity contribution < 1.29 is 0 Å². The molecule has 3 aromatic rings. The molecule has 0 atom stereocenters. The van der Waals surface area contributed by atoms with Gasteiger partial charge in [0.2, 0.25) is 0 Å². The Kier molecular flexibility index (Phi) is 2.65. The molecule has 3 nitrogen and oxygen atoms in total. The third kappa shape index (κ3) is 2.03. The molecule has 1 heterocycles. The van der Waals surface area contributed by atoms with Crippen molar-refractivity contribution in [2.24, 2.45) is 0 Å². The average Bonchev–Trinajstić information content (AvgIpc) is 2.70. The zero-order valence-corrected chi connectivity index (χ0v) is 10.8. The SMILES string of the molecule is Nc1ccc2nc(-c3cc(Cl)cc(Cl)c3)[nH]c2c1. The molecule has 0 aliphatic heterocycles. The van der Waals surface area contributed by atoms with E-state index in [2.05, 4.69) is 9.97 Å². The Balaban J connectivity index is 2.19. The fourth-order valence-corrected chi connectivity index (χ4v) is 2.38. The molecule has 5 heteroatoms. The highest BCUT2D eigenvalue weighted by Gasteiger charge is 2.07. The fraction of sp³-hybridized carbons (Fsp3) is 0. The summed E-state index contributed by atoms with van der Waals surface area (Å²) < 4.78 is 0. The van der Waals surface area contributed by atoms with Crippen molar-refractivity contribution in [3.8, 4) is 11.4 Å². The maximum atomic E-state index is 5.98. The summed E-state index contributed by atoms with van der Waals surface area (Å²) in [5.41, 5.74) is 9.02. The van der Waals surface area contributed by atoms with Gasteiger partial charge in [0.15, 0.2) is 0 Å². The minimum absolute atomic E-state index is 0.581. The number of hydrogen-bond donors (Lipinski definition) is 2. The number of nitrogens with one attached hydrogen (secondary N) is 1. The van der Waals surface area contributed by atoms with E-state index in [1.807, 2.05) is 30.3 Å². The Morgan fingerprint density at radius 3 is 2.44 bits per heavy atom. The number of halogens is 2. The van der Waals surface area contributed by atoms with Crippen LogP contribution < -0.4 is 5.73 Å². The van der Waals surface area contributed by atoms with Crippen molar-refractivity contribution in [1.82, 2.24) is 9.97 Å². The summed E-state index contributed by atoms with van der Waals surface area (Å²) in [5, 5.41) is 1.16. The predicted molar refractivity (Wildman–Crippen MR) is 76.0 cm³/mol. The molecule has 0 fully saturated rings. The number of anilines is 1. The van der Waals surface area contributed by atoms with Crippen LogP contribution >= 0.6 is 23.2 Å². The number of H-pyrrole nitrogens is 1. The van der Waals surface area contributed by atoms with Crippen LogP contribution in [-0.4, -0.2) is 9.97 Å². The molecule has 2 aromatic carbocycles. The molecule has 90 valence electrons. The van der Waals surface area contributed by atoms with Crippen molar-refractivity contribution in [3.05, 3.63) is 46.4 Å². The molecule has 1 aromatic heterocycles. The van der Waals surface area contributed by atoms with Gasteiger partial charge in [0, 0.05) is 21.3 Å². The summed E-state index contributed by atoms with van der Waals surface area (Å²) in [6.45, 7) is 0. The van der Waals surface area contributed by atoms with E-state index in [1.54, 1.807) is 6.07 Å². The number of nitrogens with two attached hydrogens (primary N) is 1. The number of imidazole rings is 1. The van der Waals surface area contributed by atoms with Gasteiger partial charge < -0.3 is 10.7 Å². The Bertz CT molecular complexity index is 714. The van der Waals surface area contributed by atoms with Crippen LogP contribution in [0.3, 0.4) is 0 Å². The number of benzene rings is 2. The number of hydrogen-bond acceptors (Lipinski definition) is 2. The van der Waals surface area contributed by atoms with E-state index < -0.39 is 0 Å². The van der Waals surface area contributed by atoms with Crippen LogP contribution in [-0.2, 0) is 0 Å².